The zero-order valence-corrected chi connectivity index (χ0v) is 6.30. The van der Waals surface area contributed by atoms with Crippen molar-refractivity contribution in [2.24, 2.45) is 5.73 Å². The zero-order chi connectivity index (χ0) is 7.98. The minimum absolute atomic E-state index is 0.701. The Balaban J connectivity index is 4.58. The van der Waals surface area contributed by atoms with Crippen molar-refractivity contribution < 1.29 is 0 Å². The summed E-state index contributed by atoms with van der Waals surface area (Å²) in [5, 5.41) is 0. The van der Waals surface area contributed by atoms with Gasteiger partial charge < -0.3 is 5.73 Å². The summed E-state index contributed by atoms with van der Waals surface area (Å²) in [7, 11) is 0. The Morgan fingerprint density at radius 3 is 2.10 bits per heavy atom. The van der Waals surface area contributed by atoms with E-state index < -0.39 is 0 Å². The van der Waals surface area contributed by atoms with Crippen molar-refractivity contribution in [3.8, 4) is 0 Å². The molecule has 0 amide bonds. The van der Waals surface area contributed by atoms with Crippen molar-refractivity contribution in [3.05, 3.63) is 48.7 Å². The van der Waals surface area contributed by atoms with E-state index in [2.05, 4.69) is 13.2 Å². The zero-order valence-electron chi connectivity index (χ0n) is 6.30. The van der Waals surface area contributed by atoms with Crippen LogP contribution in [0.25, 0.3) is 0 Å². The van der Waals surface area contributed by atoms with Gasteiger partial charge in [0.25, 0.3) is 0 Å². The van der Waals surface area contributed by atoms with Crippen LogP contribution in [0.2, 0.25) is 0 Å². The first kappa shape index (κ1) is 8.76. The fourth-order valence-corrected chi connectivity index (χ4v) is 0.595. The highest BCUT2D eigenvalue weighted by Crippen LogP contribution is 2.01. The van der Waals surface area contributed by atoms with Crippen molar-refractivity contribution in [2.75, 3.05) is 0 Å². The molecule has 10 heavy (non-hydrogen) atoms. The number of hydrogen-bond acceptors (Lipinski definition) is 1. The second-order valence-corrected chi connectivity index (χ2v) is 1.82. The van der Waals surface area contributed by atoms with Gasteiger partial charge in [-0.2, -0.15) is 0 Å². The predicted molar refractivity (Wildman–Crippen MR) is 46.4 cm³/mol. The third kappa shape index (κ3) is 2.35. The monoisotopic (exact) mass is 135 g/mol. The number of allylic oxidation sites excluding steroid dienone is 5. The minimum Gasteiger partial charge on any atom is -0.398 e. The lowest BCUT2D eigenvalue weighted by molar-refractivity contribution is 1.37. The standard InChI is InChI=1S/C9H13N/c1-4-7-9(10)8(5-2)6-3/h4-7H,2-3,10H2,1H3/b7-4-. The highest BCUT2D eigenvalue weighted by Gasteiger charge is 1.87. The van der Waals surface area contributed by atoms with Gasteiger partial charge in [0.05, 0.1) is 0 Å². The first-order valence-corrected chi connectivity index (χ1v) is 3.13. The van der Waals surface area contributed by atoms with Crippen LogP contribution in [0.3, 0.4) is 0 Å². The lowest BCUT2D eigenvalue weighted by atomic mass is 10.2. The Hall–Kier alpha value is -1.24. The topological polar surface area (TPSA) is 26.0 Å². The van der Waals surface area contributed by atoms with E-state index in [1.165, 1.54) is 0 Å². The maximum Gasteiger partial charge on any atom is 0.0383 e. The van der Waals surface area contributed by atoms with Crippen LogP contribution in [-0.2, 0) is 0 Å². The van der Waals surface area contributed by atoms with E-state index in [9.17, 15) is 0 Å². The summed E-state index contributed by atoms with van der Waals surface area (Å²) in [4.78, 5) is 0. The van der Waals surface area contributed by atoms with Crippen LogP contribution in [0.1, 0.15) is 6.92 Å². The van der Waals surface area contributed by atoms with E-state index in [0.717, 1.165) is 5.57 Å². The molecule has 0 aliphatic heterocycles. The summed E-state index contributed by atoms with van der Waals surface area (Å²) in [5.41, 5.74) is 7.17. The smallest absolute Gasteiger partial charge is 0.0383 e. The molecule has 0 spiro atoms. The summed E-state index contributed by atoms with van der Waals surface area (Å²) in [6.07, 6.45) is 7.06. The molecule has 2 N–H and O–H groups in total. The molecule has 0 rings (SSSR count). The van der Waals surface area contributed by atoms with Gasteiger partial charge in [-0.15, -0.1) is 0 Å². The molecule has 1 heteroatoms. The summed E-state index contributed by atoms with van der Waals surface area (Å²) in [5.74, 6) is 0. The molecule has 0 aromatic rings. The maximum absolute atomic E-state index is 5.60. The third-order valence-electron chi connectivity index (χ3n) is 1.12. The molecule has 0 heterocycles. The predicted octanol–water partition coefficient (Wildman–Crippen LogP) is 2.15. The first-order valence-electron chi connectivity index (χ1n) is 3.13. The van der Waals surface area contributed by atoms with Crippen LogP contribution in [-0.4, -0.2) is 0 Å². The van der Waals surface area contributed by atoms with Gasteiger partial charge in [0.1, 0.15) is 0 Å². The van der Waals surface area contributed by atoms with Gasteiger partial charge in [-0.25, -0.2) is 0 Å². The second kappa shape index (κ2) is 4.62. The molecule has 0 saturated carbocycles. The molecular formula is C9H13N. The fourth-order valence-electron chi connectivity index (χ4n) is 0.595. The van der Waals surface area contributed by atoms with E-state index in [-0.39, 0.29) is 0 Å². The van der Waals surface area contributed by atoms with Crippen molar-refractivity contribution >= 4 is 0 Å². The van der Waals surface area contributed by atoms with Gasteiger partial charge in [0.2, 0.25) is 0 Å². The Labute approximate surface area is 62.2 Å². The van der Waals surface area contributed by atoms with Gasteiger partial charge in [0, 0.05) is 5.70 Å². The molecule has 0 bridgehead atoms. The third-order valence-corrected chi connectivity index (χ3v) is 1.12. The van der Waals surface area contributed by atoms with E-state index in [1.807, 2.05) is 19.1 Å². The van der Waals surface area contributed by atoms with Crippen molar-refractivity contribution in [1.82, 2.24) is 0 Å². The van der Waals surface area contributed by atoms with Crippen molar-refractivity contribution in [3.63, 3.8) is 0 Å². The van der Waals surface area contributed by atoms with E-state index >= 15 is 0 Å². The second-order valence-electron chi connectivity index (χ2n) is 1.82. The molecular weight excluding hydrogens is 122 g/mol. The number of rotatable bonds is 3. The van der Waals surface area contributed by atoms with Crippen LogP contribution in [0.15, 0.2) is 48.7 Å². The summed E-state index contributed by atoms with van der Waals surface area (Å²) >= 11 is 0. The Kier molecular flexibility index (Phi) is 4.05. The molecule has 1 nitrogen and oxygen atoms in total. The van der Waals surface area contributed by atoms with E-state index in [1.54, 1.807) is 12.2 Å². The van der Waals surface area contributed by atoms with E-state index in [0.29, 0.717) is 5.70 Å². The van der Waals surface area contributed by atoms with Crippen LogP contribution in [0.5, 0.6) is 0 Å². The molecule has 54 valence electrons. The van der Waals surface area contributed by atoms with Crippen LogP contribution >= 0.6 is 0 Å². The Morgan fingerprint density at radius 2 is 1.80 bits per heavy atom. The lowest BCUT2D eigenvalue weighted by Gasteiger charge is -1.95. The Morgan fingerprint density at radius 1 is 1.30 bits per heavy atom. The quantitative estimate of drug-likeness (QED) is 0.589. The largest absolute Gasteiger partial charge is 0.398 e. The number of hydrogen-bond donors (Lipinski definition) is 1. The normalized spacial score (nSPS) is 9.30. The molecule has 0 aliphatic carbocycles. The van der Waals surface area contributed by atoms with Crippen LogP contribution in [0.4, 0.5) is 0 Å². The summed E-state index contributed by atoms with van der Waals surface area (Å²) in [6.45, 7) is 9.10. The highest BCUT2D eigenvalue weighted by atomic mass is 14.6. The molecule has 0 atom stereocenters. The van der Waals surface area contributed by atoms with Crippen molar-refractivity contribution in [1.29, 1.82) is 0 Å². The first-order chi connectivity index (χ1) is 4.76. The highest BCUT2D eigenvalue weighted by molar-refractivity contribution is 5.36. The van der Waals surface area contributed by atoms with Gasteiger partial charge in [-0.1, -0.05) is 31.4 Å². The summed E-state index contributed by atoms with van der Waals surface area (Å²) < 4.78 is 0. The van der Waals surface area contributed by atoms with Crippen molar-refractivity contribution in [2.45, 2.75) is 6.92 Å². The van der Waals surface area contributed by atoms with Gasteiger partial charge >= 0.3 is 0 Å². The molecule has 0 unspecified atom stereocenters. The molecule has 0 aromatic carbocycles. The molecule has 0 radical (unpaired) electrons. The van der Waals surface area contributed by atoms with Gasteiger partial charge in [-0.05, 0) is 18.6 Å². The average molecular weight is 135 g/mol. The maximum atomic E-state index is 5.60. The fraction of sp³-hybridized carbons (Fsp3) is 0.111. The SMILES string of the molecule is C=CC(C=C)=C(N)/C=C\C. The molecule has 0 fully saturated rings. The van der Waals surface area contributed by atoms with E-state index in [4.69, 9.17) is 5.73 Å². The van der Waals surface area contributed by atoms with Gasteiger partial charge in [-0.3, -0.25) is 0 Å². The molecule has 0 aliphatic rings. The van der Waals surface area contributed by atoms with Crippen LogP contribution < -0.4 is 5.73 Å². The summed E-state index contributed by atoms with van der Waals surface area (Å²) in [6, 6.07) is 0. The minimum atomic E-state index is 0.701. The lowest BCUT2D eigenvalue weighted by Crippen LogP contribution is -1.95. The molecule has 0 saturated heterocycles. The van der Waals surface area contributed by atoms with Crippen LogP contribution in [0, 0.1) is 0 Å². The number of nitrogens with two attached hydrogens (primary N) is 1. The molecule has 0 aromatic heterocycles. The Bertz CT molecular complexity index is 175. The van der Waals surface area contributed by atoms with Gasteiger partial charge in [0.15, 0.2) is 0 Å². The average Bonchev–Trinajstić information content (AvgIpc) is 1.91.